The van der Waals surface area contributed by atoms with Crippen molar-refractivity contribution < 1.29 is 18.7 Å². The second-order valence-corrected chi connectivity index (χ2v) is 6.37. The first-order valence-corrected chi connectivity index (χ1v) is 8.64. The lowest BCUT2D eigenvalue weighted by Gasteiger charge is -2.12. The number of amides is 1. The lowest BCUT2D eigenvalue weighted by molar-refractivity contribution is -0.133. The molecule has 4 nitrogen and oxygen atoms in total. The first kappa shape index (κ1) is 18.6. The van der Waals surface area contributed by atoms with Gasteiger partial charge in [-0.1, -0.05) is 43.0 Å². The Kier molecular flexibility index (Phi) is 5.50. The Morgan fingerprint density at radius 2 is 1.81 bits per heavy atom. The van der Waals surface area contributed by atoms with Crippen molar-refractivity contribution in [2.75, 3.05) is 7.11 Å². The van der Waals surface area contributed by atoms with E-state index in [2.05, 4.69) is 11.9 Å². The molecular weight excluding hydrogens is 345 g/mol. The average molecular weight is 365 g/mol. The fraction of sp³-hybridized carbons (Fsp3) is 0.182. The standard InChI is InChI=1S/C22H20FNO3/c1-14(22(26)27-2)19-6-4-3-5-16(19)13-20(21(25)24-18-11-12-18)15-7-9-17(23)10-8-15/h3-10,13,18H,1,11-12H2,2H3,(H,24,25). The van der Waals surface area contributed by atoms with Crippen molar-refractivity contribution in [1.29, 1.82) is 0 Å². The van der Waals surface area contributed by atoms with E-state index in [0.29, 0.717) is 22.3 Å². The van der Waals surface area contributed by atoms with Crippen LogP contribution in [0.2, 0.25) is 0 Å². The van der Waals surface area contributed by atoms with Gasteiger partial charge in [0.2, 0.25) is 0 Å². The first-order chi connectivity index (χ1) is 13.0. The Morgan fingerprint density at radius 3 is 2.44 bits per heavy atom. The van der Waals surface area contributed by atoms with Crippen LogP contribution in [-0.2, 0) is 14.3 Å². The second kappa shape index (κ2) is 7.99. The summed E-state index contributed by atoms with van der Waals surface area (Å²) in [4.78, 5) is 24.6. The molecule has 3 rings (SSSR count). The zero-order chi connectivity index (χ0) is 19.4. The summed E-state index contributed by atoms with van der Waals surface area (Å²) < 4.78 is 18.1. The zero-order valence-corrected chi connectivity index (χ0v) is 15.0. The summed E-state index contributed by atoms with van der Waals surface area (Å²) >= 11 is 0. The molecule has 0 unspecified atom stereocenters. The van der Waals surface area contributed by atoms with Gasteiger partial charge in [0.15, 0.2) is 0 Å². The summed E-state index contributed by atoms with van der Waals surface area (Å²) in [6, 6.07) is 13.0. The smallest absolute Gasteiger partial charge is 0.337 e. The molecule has 2 aromatic carbocycles. The lowest BCUT2D eigenvalue weighted by atomic mass is 9.96. The van der Waals surface area contributed by atoms with Crippen molar-refractivity contribution in [2.24, 2.45) is 0 Å². The summed E-state index contributed by atoms with van der Waals surface area (Å²) in [6.07, 6.45) is 3.60. The molecule has 0 saturated heterocycles. The number of rotatable bonds is 6. The van der Waals surface area contributed by atoms with Crippen LogP contribution in [0.5, 0.6) is 0 Å². The molecule has 0 radical (unpaired) electrons. The summed E-state index contributed by atoms with van der Waals surface area (Å²) in [5.41, 5.74) is 2.41. The Morgan fingerprint density at radius 1 is 1.15 bits per heavy atom. The van der Waals surface area contributed by atoms with Crippen LogP contribution < -0.4 is 5.32 Å². The van der Waals surface area contributed by atoms with E-state index in [-0.39, 0.29) is 23.3 Å². The number of ether oxygens (including phenoxy) is 1. The lowest BCUT2D eigenvalue weighted by Crippen LogP contribution is -2.26. The minimum Gasteiger partial charge on any atom is -0.465 e. The van der Waals surface area contributed by atoms with E-state index in [1.807, 2.05) is 0 Å². The molecule has 27 heavy (non-hydrogen) atoms. The third-order valence-corrected chi connectivity index (χ3v) is 4.33. The topological polar surface area (TPSA) is 55.4 Å². The number of methoxy groups -OCH3 is 1. The van der Waals surface area contributed by atoms with Crippen molar-refractivity contribution >= 4 is 29.1 Å². The Labute approximate surface area is 157 Å². The Balaban J connectivity index is 2.05. The predicted octanol–water partition coefficient (Wildman–Crippen LogP) is 3.83. The van der Waals surface area contributed by atoms with Crippen LogP contribution in [-0.4, -0.2) is 25.0 Å². The quantitative estimate of drug-likeness (QED) is 0.481. The highest BCUT2D eigenvalue weighted by Crippen LogP contribution is 2.27. The van der Waals surface area contributed by atoms with Gasteiger partial charge >= 0.3 is 5.97 Å². The van der Waals surface area contributed by atoms with Crippen LogP contribution >= 0.6 is 0 Å². The highest BCUT2D eigenvalue weighted by atomic mass is 19.1. The maximum atomic E-state index is 13.3. The van der Waals surface area contributed by atoms with Gasteiger partial charge < -0.3 is 10.1 Å². The van der Waals surface area contributed by atoms with Gasteiger partial charge in [0.05, 0.1) is 12.7 Å². The SMILES string of the molecule is C=C(C(=O)OC)c1ccccc1C=C(C(=O)NC1CC1)c1ccc(F)cc1. The van der Waals surface area contributed by atoms with Crippen molar-refractivity contribution in [3.05, 3.63) is 77.6 Å². The summed E-state index contributed by atoms with van der Waals surface area (Å²) in [5, 5.41) is 2.95. The first-order valence-electron chi connectivity index (χ1n) is 8.64. The number of hydrogen-bond acceptors (Lipinski definition) is 3. The van der Waals surface area contributed by atoms with Gasteiger partial charge in [-0.2, -0.15) is 0 Å². The molecule has 0 atom stereocenters. The molecule has 1 N–H and O–H groups in total. The second-order valence-electron chi connectivity index (χ2n) is 6.37. The molecule has 1 aliphatic rings. The molecule has 0 heterocycles. The summed E-state index contributed by atoms with van der Waals surface area (Å²) in [6.45, 7) is 3.80. The average Bonchev–Trinajstić information content (AvgIpc) is 3.50. The normalized spacial score (nSPS) is 13.8. The number of esters is 1. The van der Waals surface area contributed by atoms with Crippen LogP contribution in [0.3, 0.4) is 0 Å². The molecule has 2 aromatic rings. The third-order valence-electron chi connectivity index (χ3n) is 4.33. The predicted molar refractivity (Wildman–Crippen MR) is 103 cm³/mol. The van der Waals surface area contributed by atoms with E-state index >= 15 is 0 Å². The monoisotopic (exact) mass is 365 g/mol. The largest absolute Gasteiger partial charge is 0.465 e. The molecule has 1 aliphatic carbocycles. The third kappa shape index (κ3) is 4.50. The Hall–Kier alpha value is -3.21. The number of nitrogens with one attached hydrogen (secondary N) is 1. The van der Waals surface area contributed by atoms with E-state index in [4.69, 9.17) is 4.74 Å². The van der Waals surface area contributed by atoms with E-state index < -0.39 is 5.97 Å². The van der Waals surface area contributed by atoms with Gasteiger partial charge in [-0.15, -0.1) is 0 Å². The summed E-state index contributed by atoms with van der Waals surface area (Å²) in [7, 11) is 1.29. The number of halogens is 1. The van der Waals surface area contributed by atoms with E-state index in [0.717, 1.165) is 12.8 Å². The van der Waals surface area contributed by atoms with Crippen LogP contribution in [0, 0.1) is 5.82 Å². The van der Waals surface area contributed by atoms with Crippen LogP contribution in [0.25, 0.3) is 17.2 Å². The van der Waals surface area contributed by atoms with Crippen LogP contribution in [0.4, 0.5) is 4.39 Å². The van der Waals surface area contributed by atoms with Gasteiger partial charge in [-0.05, 0) is 47.7 Å². The van der Waals surface area contributed by atoms with Crippen molar-refractivity contribution in [3.63, 3.8) is 0 Å². The van der Waals surface area contributed by atoms with Gasteiger partial charge in [0, 0.05) is 11.6 Å². The highest BCUT2D eigenvalue weighted by molar-refractivity contribution is 6.25. The molecule has 1 saturated carbocycles. The van der Waals surface area contributed by atoms with Gasteiger partial charge in [0.1, 0.15) is 5.82 Å². The number of benzene rings is 2. The molecular formula is C22H20FNO3. The van der Waals surface area contributed by atoms with Crippen LogP contribution in [0.15, 0.2) is 55.1 Å². The highest BCUT2D eigenvalue weighted by Gasteiger charge is 2.25. The Bertz CT molecular complexity index is 911. The maximum Gasteiger partial charge on any atom is 0.337 e. The van der Waals surface area contributed by atoms with Crippen molar-refractivity contribution in [3.8, 4) is 0 Å². The zero-order valence-electron chi connectivity index (χ0n) is 15.0. The minimum atomic E-state index is -0.540. The molecule has 0 bridgehead atoms. The van der Waals surface area contributed by atoms with Crippen LogP contribution in [0.1, 0.15) is 29.5 Å². The molecule has 0 aromatic heterocycles. The maximum absolute atomic E-state index is 13.3. The van der Waals surface area contributed by atoms with Gasteiger partial charge in [0.25, 0.3) is 5.91 Å². The van der Waals surface area contributed by atoms with E-state index in [1.54, 1.807) is 42.5 Å². The van der Waals surface area contributed by atoms with Gasteiger partial charge in [-0.25, -0.2) is 9.18 Å². The molecule has 1 fully saturated rings. The van der Waals surface area contributed by atoms with Gasteiger partial charge in [-0.3, -0.25) is 4.79 Å². The summed E-state index contributed by atoms with van der Waals surface area (Å²) in [5.74, 6) is -1.15. The van der Waals surface area contributed by atoms with Crippen molar-refractivity contribution in [2.45, 2.75) is 18.9 Å². The number of carbonyl (C=O) groups excluding carboxylic acids is 2. The van der Waals surface area contributed by atoms with Crippen molar-refractivity contribution in [1.82, 2.24) is 5.32 Å². The molecule has 0 spiro atoms. The van der Waals surface area contributed by atoms with E-state index in [9.17, 15) is 14.0 Å². The molecule has 5 heteroatoms. The fourth-order valence-electron chi connectivity index (χ4n) is 2.69. The molecule has 1 amide bonds. The number of carbonyl (C=O) groups is 2. The van der Waals surface area contributed by atoms with E-state index in [1.165, 1.54) is 19.2 Å². The molecule has 0 aliphatic heterocycles. The minimum absolute atomic E-state index is 0.182. The fourth-order valence-corrected chi connectivity index (χ4v) is 2.69. The molecule has 138 valence electrons. The number of hydrogen-bond donors (Lipinski definition) is 1.